The Morgan fingerprint density at radius 3 is 2.70 bits per heavy atom. The molecule has 3 rings (SSSR count). The van der Waals surface area contributed by atoms with Crippen molar-refractivity contribution in [3.05, 3.63) is 29.8 Å². The Morgan fingerprint density at radius 1 is 1.22 bits per heavy atom. The number of anilines is 1. The molecule has 27 heavy (non-hydrogen) atoms. The standard InChI is InChI=1S/C20H27N3O4/c1-2-3-8-23-14-15(13-18(23)24)19(25)21-17-7-5-4-6-16(17)20(26)22-9-11-27-12-10-22/h4-7,15H,2-3,8-14H2,1H3,(H,21,25)/t15-/m0/s1. The van der Waals surface area contributed by atoms with Crippen molar-refractivity contribution in [2.75, 3.05) is 44.7 Å². The van der Waals surface area contributed by atoms with Gasteiger partial charge in [-0.1, -0.05) is 25.5 Å². The van der Waals surface area contributed by atoms with Crippen LogP contribution in [0.15, 0.2) is 24.3 Å². The maximum Gasteiger partial charge on any atom is 0.256 e. The second-order valence-corrected chi connectivity index (χ2v) is 7.03. The number of ether oxygens (including phenoxy) is 1. The Morgan fingerprint density at radius 2 is 1.96 bits per heavy atom. The van der Waals surface area contributed by atoms with Crippen molar-refractivity contribution >= 4 is 23.4 Å². The zero-order valence-electron chi connectivity index (χ0n) is 15.8. The summed E-state index contributed by atoms with van der Waals surface area (Å²) < 4.78 is 5.30. The number of hydrogen-bond acceptors (Lipinski definition) is 4. The van der Waals surface area contributed by atoms with Crippen LogP contribution in [0, 0.1) is 5.92 Å². The van der Waals surface area contributed by atoms with Crippen LogP contribution in [0.5, 0.6) is 0 Å². The van der Waals surface area contributed by atoms with Crippen LogP contribution in [0.3, 0.4) is 0 Å². The van der Waals surface area contributed by atoms with Gasteiger partial charge in [-0.3, -0.25) is 14.4 Å². The highest BCUT2D eigenvalue weighted by atomic mass is 16.5. The van der Waals surface area contributed by atoms with Gasteiger partial charge in [-0.2, -0.15) is 0 Å². The Hall–Kier alpha value is -2.41. The molecular formula is C20H27N3O4. The van der Waals surface area contributed by atoms with Gasteiger partial charge in [0.2, 0.25) is 11.8 Å². The van der Waals surface area contributed by atoms with E-state index in [1.807, 2.05) is 0 Å². The average molecular weight is 373 g/mol. The molecule has 7 nitrogen and oxygen atoms in total. The van der Waals surface area contributed by atoms with Crippen molar-refractivity contribution in [1.29, 1.82) is 0 Å². The van der Waals surface area contributed by atoms with E-state index in [0.29, 0.717) is 50.6 Å². The summed E-state index contributed by atoms with van der Waals surface area (Å²) in [5, 5.41) is 2.87. The van der Waals surface area contributed by atoms with E-state index in [9.17, 15) is 14.4 Å². The predicted octanol–water partition coefficient (Wildman–Crippen LogP) is 1.75. The Balaban J connectivity index is 1.66. The van der Waals surface area contributed by atoms with Gasteiger partial charge in [0.15, 0.2) is 0 Å². The van der Waals surface area contributed by atoms with Crippen LogP contribution in [-0.2, 0) is 14.3 Å². The summed E-state index contributed by atoms with van der Waals surface area (Å²) in [6, 6.07) is 7.03. The topological polar surface area (TPSA) is 79.0 Å². The first-order valence-corrected chi connectivity index (χ1v) is 9.65. The number of nitrogens with zero attached hydrogens (tertiary/aromatic N) is 2. The van der Waals surface area contributed by atoms with Crippen LogP contribution in [0.4, 0.5) is 5.69 Å². The summed E-state index contributed by atoms with van der Waals surface area (Å²) in [4.78, 5) is 41.1. The summed E-state index contributed by atoms with van der Waals surface area (Å²) in [5.74, 6) is -0.659. The first-order chi connectivity index (χ1) is 13.1. The average Bonchev–Trinajstić information content (AvgIpc) is 3.07. The number of nitrogens with one attached hydrogen (secondary N) is 1. The number of amides is 3. The molecule has 2 aliphatic rings. The highest BCUT2D eigenvalue weighted by Gasteiger charge is 2.34. The van der Waals surface area contributed by atoms with Crippen molar-refractivity contribution < 1.29 is 19.1 Å². The van der Waals surface area contributed by atoms with Crippen molar-refractivity contribution in [2.45, 2.75) is 26.2 Å². The summed E-state index contributed by atoms with van der Waals surface area (Å²) in [5.41, 5.74) is 0.971. The fourth-order valence-corrected chi connectivity index (χ4v) is 3.46. The van der Waals surface area contributed by atoms with E-state index in [4.69, 9.17) is 4.74 Å². The Kier molecular flexibility index (Phi) is 6.45. The van der Waals surface area contributed by atoms with Gasteiger partial charge in [-0.05, 0) is 18.6 Å². The van der Waals surface area contributed by atoms with Crippen LogP contribution in [-0.4, -0.2) is 66.9 Å². The zero-order valence-corrected chi connectivity index (χ0v) is 15.8. The summed E-state index contributed by atoms with van der Waals surface area (Å²) in [6.45, 7) is 5.37. The first kappa shape index (κ1) is 19.4. The number of rotatable bonds is 6. The van der Waals surface area contributed by atoms with Crippen LogP contribution in [0.25, 0.3) is 0 Å². The number of benzene rings is 1. The lowest BCUT2D eigenvalue weighted by Crippen LogP contribution is -2.41. The molecule has 0 aliphatic carbocycles. The summed E-state index contributed by atoms with van der Waals surface area (Å²) >= 11 is 0. The molecule has 1 aromatic carbocycles. The molecule has 1 aromatic rings. The maximum atomic E-state index is 12.8. The minimum absolute atomic E-state index is 0.0290. The SMILES string of the molecule is CCCCN1C[C@@H](C(=O)Nc2ccccc2C(=O)N2CCOCC2)CC1=O. The molecule has 0 bridgehead atoms. The van der Waals surface area contributed by atoms with Crippen molar-refractivity contribution in [3.63, 3.8) is 0 Å². The predicted molar refractivity (Wildman–Crippen MR) is 101 cm³/mol. The smallest absolute Gasteiger partial charge is 0.256 e. The fourth-order valence-electron chi connectivity index (χ4n) is 3.46. The van der Waals surface area contributed by atoms with E-state index in [-0.39, 0.29) is 30.1 Å². The molecule has 1 atom stereocenters. The van der Waals surface area contributed by atoms with Crippen LogP contribution < -0.4 is 5.32 Å². The third kappa shape index (κ3) is 4.66. The van der Waals surface area contributed by atoms with Crippen molar-refractivity contribution in [2.24, 2.45) is 5.92 Å². The first-order valence-electron chi connectivity index (χ1n) is 9.65. The van der Waals surface area contributed by atoms with Gasteiger partial charge in [-0.25, -0.2) is 0 Å². The highest BCUT2D eigenvalue weighted by Crippen LogP contribution is 2.23. The molecule has 0 radical (unpaired) electrons. The van der Waals surface area contributed by atoms with Gasteiger partial charge >= 0.3 is 0 Å². The fraction of sp³-hybridized carbons (Fsp3) is 0.550. The Labute approximate surface area is 159 Å². The molecule has 0 unspecified atom stereocenters. The number of hydrogen-bond donors (Lipinski definition) is 1. The summed E-state index contributed by atoms with van der Waals surface area (Å²) in [6.07, 6.45) is 2.18. The lowest BCUT2D eigenvalue weighted by Gasteiger charge is -2.27. The number of para-hydroxylation sites is 1. The van der Waals surface area contributed by atoms with E-state index in [2.05, 4.69) is 12.2 Å². The van der Waals surface area contributed by atoms with E-state index in [0.717, 1.165) is 12.8 Å². The highest BCUT2D eigenvalue weighted by molar-refractivity contribution is 6.05. The van der Waals surface area contributed by atoms with E-state index >= 15 is 0 Å². The second kappa shape index (κ2) is 8.99. The summed E-state index contributed by atoms with van der Waals surface area (Å²) in [7, 11) is 0. The van der Waals surface area contributed by atoms with E-state index in [1.54, 1.807) is 34.1 Å². The van der Waals surface area contributed by atoms with Gasteiger partial charge in [0.05, 0.1) is 30.4 Å². The van der Waals surface area contributed by atoms with Gasteiger partial charge in [0.1, 0.15) is 0 Å². The molecular weight excluding hydrogens is 346 g/mol. The molecule has 1 N–H and O–H groups in total. The van der Waals surface area contributed by atoms with E-state index in [1.165, 1.54) is 0 Å². The zero-order chi connectivity index (χ0) is 19.2. The maximum absolute atomic E-state index is 12.8. The third-order valence-corrected chi connectivity index (χ3v) is 5.08. The van der Waals surface area contributed by atoms with Crippen LogP contribution >= 0.6 is 0 Å². The number of morpholine rings is 1. The molecule has 0 aromatic heterocycles. The van der Waals surface area contributed by atoms with Gasteiger partial charge in [-0.15, -0.1) is 0 Å². The van der Waals surface area contributed by atoms with Crippen LogP contribution in [0.1, 0.15) is 36.5 Å². The quantitative estimate of drug-likeness (QED) is 0.824. The number of carbonyl (C=O) groups excluding carboxylic acids is 3. The minimum atomic E-state index is -0.374. The molecule has 2 heterocycles. The lowest BCUT2D eigenvalue weighted by molar-refractivity contribution is -0.128. The Bertz CT molecular complexity index is 700. The molecule has 146 valence electrons. The lowest BCUT2D eigenvalue weighted by atomic mass is 10.1. The number of carbonyl (C=O) groups is 3. The molecule has 2 aliphatic heterocycles. The van der Waals surface area contributed by atoms with Crippen molar-refractivity contribution in [3.8, 4) is 0 Å². The largest absolute Gasteiger partial charge is 0.378 e. The van der Waals surface area contributed by atoms with Gasteiger partial charge < -0.3 is 19.9 Å². The number of likely N-dealkylation sites (tertiary alicyclic amines) is 1. The monoisotopic (exact) mass is 373 g/mol. The van der Waals surface area contributed by atoms with Gasteiger partial charge in [0.25, 0.3) is 5.91 Å². The van der Waals surface area contributed by atoms with Crippen molar-refractivity contribution in [1.82, 2.24) is 9.80 Å². The number of unbranched alkanes of at least 4 members (excludes halogenated alkanes) is 1. The molecule has 0 spiro atoms. The molecule has 2 fully saturated rings. The van der Waals surface area contributed by atoms with E-state index < -0.39 is 0 Å². The molecule has 7 heteroatoms. The normalized spacial score (nSPS) is 20.0. The molecule has 3 amide bonds. The molecule has 0 saturated carbocycles. The molecule has 2 saturated heterocycles. The third-order valence-electron chi connectivity index (χ3n) is 5.08. The van der Waals surface area contributed by atoms with Gasteiger partial charge in [0, 0.05) is 32.6 Å². The van der Waals surface area contributed by atoms with Crippen LogP contribution in [0.2, 0.25) is 0 Å². The second-order valence-electron chi connectivity index (χ2n) is 7.03. The minimum Gasteiger partial charge on any atom is -0.378 e.